The zero-order valence-electron chi connectivity index (χ0n) is 15.3. The van der Waals surface area contributed by atoms with Crippen LogP contribution >= 0.6 is 0 Å². The third-order valence-corrected chi connectivity index (χ3v) is 5.04. The van der Waals surface area contributed by atoms with Gasteiger partial charge in [0.25, 0.3) is 5.91 Å². The molecule has 10 heteroatoms. The monoisotopic (exact) mass is 377 g/mol. The number of nitriles is 1. The lowest BCUT2D eigenvalue weighted by Crippen LogP contribution is -2.46. The van der Waals surface area contributed by atoms with Gasteiger partial charge >= 0.3 is 0 Å². The number of H-pyrrole nitrogens is 1. The number of carbonyl (C=O) groups is 1. The van der Waals surface area contributed by atoms with Crippen LogP contribution in [0.2, 0.25) is 0 Å². The zero-order chi connectivity index (χ0) is 19.7. The average molecular weight is 377 g/mol. The van der Waals surface area contributed by atoms with Gasteiger partial charge in [-0.25, -0.2) is 9.97 Å². The van der Waals surface area contributed by atoms with Gasteiger partial charge in [-0.2, -0.15) is 5.26 Å². The Morgan fingerprint density at radius 3 is 2.93 bits per heavy atom. The van der Waals surface area contributed by atoms with Crippen LogP contribution in [-0.4, -0.2) is 50.2 Å². The number of carbonyl (C=O) groups excluding carboxylic acids is 1. The Hall–Kier alpha value is -3.74. The van der Waals surface area contributed by atoms with E-state index in [9.17, 15) is 4.79 Å². The Bertz CT molecular complexity index is 1050. The molecule has 3 aromatic heterocycles. The van der Waals surface area contributed by atoms with Gasteiger partial charge in [0.05, 0.1) is 17.6 Å². The van der Waals surface area contributed by atoms with Crippen molar-refractivity contribution in [1.82, 2.24) is 25.1 Å². The number of nitrogens with one attached hydrogen (secondary N) is 2. The molecule has 4 rings (SSSR count). The van der Waals surface area contributed by atoms with Crippen LogP contribution in [0, 0.1) is 17.2 Å². The summed E-state index contributed by atoms with van der Waals surface area (Å²) in [7, 11) is 0. The van der Waals surface area contributed by atoms with E-state index in [4.69, 9.17) is 11.0 Å². The van der Waals surface area contributed by atoms with Gasteiger partial charge in [0.1, 0.15) is 11.6 Å². The number of imidazole rings is 1. The predicted molar refractivity (Wildman–Crippen MR) is 103 cm³/mol. The van der Waals surface area contributed by atoms with E-state index in [1.165, 1.54) is 6.20 Å². The number of nitrogens with zero attached hydrogens (tertiary/aromatic N) is 6. The zero-order valence-corrected chi connectivity index (χ0v) is 15.3. The molecule has 0 saturated carbocycles. The van der Waals surface area contributed by atoms with Gasteiger partial charge in [0.15, 0.2) is 17.2 Å². The summed E-state index contributed by atoms with van der Waals surface area (Å²) < 4.78 is 0. The Balaban J connectivity index is 1.54. The molecule has 1 saturated heterocycles. The van der Waals surface area contributed by atoms with Gasteiger partial charge in [0.2, 0.25) is 0 Å². The van der Waals surface area contributed by atoms with E-state index < -0.39 is 5.91 Å². The highest BCUT2D eigenvalue weighted by Crippen LogP contribution is 2.29. The summed E-state index contributed by atoms with van der Waals surface area (Å²) in [5, 5.41) is 20.4. The van der Waals surface area contributed by atoms with Crippen molar-refractivity contribution in [2.75, 3.05) is 23.3 Å². The van der Waals surface area contributed by atoms with E-state index in [0.29, 0.717) is 28.1 Å². The molecule has 4 heterocycles. The summed E-state index contributed by atoms with van der Waals surface area (Å²) in [5.41, 5.74) is 7.97. The van der Waals surface area contributed by atoms with Crippen molar-refractivity contribution in [3.05, 3.63) is 35.9 Å². The summed E-state index contributed by atoms with van der Waals surface area (Å²) in [6.45, 7) is 3.66. The number of nitrogens with two attached hydrogens (primary N) is 1. The molecule has 0 aromatic carbocycles. The minimum Gasteiger partial charge on any atom is -0.379 e. The SMILES string of the molecule is C[C@H]1CN(c2ccc(C#N)nn2)CC[C@H]1Nc1c(C(N)=O)cnc2[nH]cnc12. The Morgan fingerprint density at radius 2 is 2.25 bits per heavy atom. The number of pyridine rings is 1. The second-order valence-corrected chi connectivity index (χ2v) is 6.86. The van der Waals surface area contributed by atoms with Crippen molar-refractivity contribution >= 4 is 28.6 Å². The highest BCUT2D eigenvalue weighted by Gasteiger charge is 2.29. The quantitative estimate of drug-likeness (QED) is 0.610. The van der Waals surface area contributed by atoms with E-state index in [1.54, 1.807) is 12.4 Å². The van der Waals surface area contributed by atoms with Gasteiger partial charge in [-0.05, 0) is 24.5 Å². The number of aromatic nitrogens is 5. The van der Waals surface area contributed by atoms with Gasteiger partial charge in [-0.3, -0.25) is 4.79 Å². The topological polar surface area (TPSA) is 150 Å². The van der Waals surface area contributed by atoms with Crippen LogP contribution in [-0.2, 0) is 0 Å². The maximum Gasteiger partial charge on any atom is 0.252 e. The molecular formula is C18H19N9O. The Kier molecular flexibility index (Phi) is 4.49. The summed E-state index contributed by atoms with van der Waals surface area (Å²) >= 11 is 0. The molecule has 3 aromatic rings. The fourth-order valence-electron chi connectivity index (χ4n) is 3.53. The van der Waals surface area contributed by atoms with Crippen LogP contribution in [0.4, 0.5) is 11.5 Å². The molecule has 1 aliphatic rings. The Labute approximate surface area is 160 Å². The highest BCUT2D eigenvalue weighted by molar-refractivity contribution is 6.04. The number of primary amides is 1. The number of rotatable bonds is 4. The minimum absolute atomic E-state index is 0.128. The minimum atomic E-state index is -0.544. The first-order valence-corrected chi connectivity index (χ1v) is 8.94. The number of amides is 1. The van der Waals surface area contributed by atoms with Crippen LogP contribution in [0.15, 0.2) is 24.7 Å². The number of piperidine rings is 1. The molecule has 0 bridgehead atoms. The molecule has 1 amide bonds. The van der Waals surface area contributed by atoms with Gasteiger partial charge < -0.3 is 20.9 Å². The molecule has 28 heavy (non-hydrogen) atoms. The van der Waals surface area contributed by atoms with E-state index in [-0.39, 0.29) is 12.0 Å². The first-order valence-electron chi connectivity index (χ1n) is 8.94. The molecule has 0 spiro atoms. The van der Waals surface area contributed by atoms with Crippen LogP contribution < -0.4 is 16.0 Å². The normalized spacial score (nSPS) is 19.4. The fraction of sp³-hybridized carbons (Fsp3) is 0.333. The highest BCUT2D eigenvalue weighted by atomic mass is 16.1. The molecule has 0 aliphatic carbocycles. The van der Waals surface area contributed by atoms with Crippen molar-refractivity contribution in [2.24, 2.45) is 11.7 Å². The van der Waals surface area contributed by atoms with Gasteiger partial charge in [-0.15, -0.1) is 10.2 Å². The molecule has 0 unspecified atom stereocenters. The van der Waals surface area contributed by atoms with Crippen molar-refractivity contribution in [3.63, 3.8) is 0 Å². The molecule has 4 N–H and O–H groups in total. The van der Waals surface area contributed by atoms with Crippen LogP contribution in [0.25, 0.3) is 11.2 Å². The van der Waals surface area contributed by atoms with Gasteiger partial charge in [-0.1, -0.05) is 6.92 Å². The van der Waals surface area contributed by atoms with Crippen LogP contribution in [0.3, 0.4) is 0 Å². The predicted octanol–water partition coefficient (Wildman–Crippen LogP) is 1.05. The molecule has 0 radical (unpaired) electrons. The first-order chi connectivity index (χ1) is 13.6. The maximum absolute atomic E-state index is 11.9. The summed E-state index contributed by atoms with van der Waals surface area (Å²) in [4.78, 5) is 25.4. The van der Waals surface area contributed by atoms with Crippen molar-refractivity contribution in [1.29, 1.82) is 5.26 Å². The fourth-order valence-corrected chi connectivity index (χ4v) is 3.53. The summed E-state index contributed by atoms with van der Waals surface area (Å²) in [6, 6.07) is 5.58. The van der Waals surface area contributed by atoms with Crippen LogP contribution in [0.1, 0.15) is 29.4 Å². The Morgan fingerprint density at radius 1 is 1.39 bits per heavy atom. The van der Waals surface area contributed by atoms with E-state index in [0.717, 1.165) is 25.3 Å². The lowest BCUT2D eigenvalue weighted by molar-refractivity contribution is 0.100. The summed E-state index contributed by atoms with van der Waals surface area (Å²) in [5.74, 6) is 0.465. The third-order valence-electron chi connectivity index (χ3n) is 5.04. The first kappa shape index (κ1) is 17.7. The third kappa shape index (κ3) is 3.18. The lowest BCUT2D eigenvalue weighted by atomic mass is 9.93. The van der Waals surface area contributed by atoms with Crippen molar-refractivity contribution in [2.45, 2.75) is 19.4 Å². The maximum atomic E-state index is 11.9. The number of fused-ring (bicyclic) bond motifs is 1. The van der Waals surface area contributed by atoms with Crippen molar-refractivity contribution < 1.29 is 4.79 Å². The standard InChI is InChI=1S/C18H19N9O/c1-10-8-27(14-3-2-11(6-19)25-26-14)5-4-13(10)24-15-12(17(20)28)7-21-18-16(15)22-9-23-18/h2-3,7,9-10,13H,4-5,8H2,1H3,(H2,20,28)(H2,21,22,23,24)/t10-,13+/m0/s1. The molecular weight excluding hydrogens is 358 g/mol. The lowest BCUT2D eigenvalue weighted by Gasteiger charge is -2.38. The summed E-state index contributed by atoms with van der Waals surface area (Å²) in [6.07, 6.45) is 3.84. The number of hydrogen-bond acceptors (Lipinski definition) is 8. The van der Waals surface area contributed by atoms with Crippen molar-refractivity contribution in [3.8, 4) is 6.07 Å². The molecule has 2 atom stereocenters. The number of hydrogen-bond donors (Lipinski definition) is 3. The largest absolute Gasteiger partial charge is 0.379 e. The molecule has 10 nitrogen and oxygen atoms in total. The average Bonchev–Trinajstić information content (AvgIpc) is 3.18. The smallest absolute Gasteiger partial charge is 0.252 e. The number of anilines is 2. The van der Waals surface area contributed by atoms with E-state index in [2.05, 4.69) is 42.3 Å². The second kappa shape index (κ2) is 7.11. The number of aromatic amines is 1. The van der Waals surface area contributed by atoms with E-state index >= 15 is 0 Å². The van der Waals surface area contributed by atoms with E-state index in [1.807, 2.05) is 12.1 Å². The molecule has 142 valence electrons. The molecule has 1 fully saturated rings. The van der Waals surface area contributed by atoms with Crippen LogP contribution in [0.5, 0.6) is 0 Å². The molecule has 1 aliphatic heterocycles. The second-order valence-electron chi connectivity index (χ2n) is 6.86. The van der Waals surface area contributed by atoms with Gasteiger partial charge in [0, 0.05) is 25.3 Å².